The van der Waals surface area contributed by atoms with Crippen LogP contribution < -0.4 is 5.32 Å². The highest BCUT2D eigenvalue weighted by Crippen LogP contribution is 2.17. The summed E-state index contributed by atoms with van der Waals surface area (Å²) in [4.78, 5) is 25.7. The van der Waals surface area contributed by atoms with Crippen LogP contribution in [0, 0.1) is 0 Å². The zero-order chi connectivity index (χ0) is 12.8. The van der Waals surface area contributed by atoms with Crippen LogP contribution in [-0.2, 0) is 4.74 Å². The molecule has 7 heteroatoms. The van der Waals surface area contributed by atoms with Gasteiger partial charge in [0.15, 0.2) is 5.69 Å². The minimum Gasteiger partial charge on any atom is -0.476 e. The Balaban J connectivity index is 2.56. The molecule has 1 aromatic heterocycles. The van der Waals surface area contributed by atoms with Crippen molar-refractivity contribution >= 4 is 23.4 Å². The van der Waals surface area contributed by atoms with Gasteiger partial charge in [0, 0.05) is 5.38 Å². The number of carbonyl (C=O) groups excluding carboxylic acids is 1. The molecule has 0 radical (unpaired) electrons. The van der Waals surface area contributed by atoms with Crippen molar-refractivity contribution < 1.29 is 19.4 Å². The van der Waals surface area contributed by atoms with E-state index in [0.29, 0.717) is 5.01 Å². The second-order valence-electron chi connectivity index (χ2n) is 3.13. The molecule has 1 amide bonds. The summed E-state index contributed by atoms with van der Waals surface area (Å²) in [5.74, 6) is -1.09. The van der Waals surface area contributed by atoms with E-state index < -0.39 is 18.1 Å². The van der Waals surface area contributed by atoms with E-state index >= 15 is 0 Å². The highest BCUT2D eigenvalue weighted by atomic mass is 32.1. The van der Waals surface area contributed by atoms with Crippen LogP contribution in [0.4, 0.5) is 4.79 Å². The summed E-state index contributed by atoms with van der Waals surface area (Å²) < 4.78 is 4.73. The van der Waals surface area contributed by atoms with Gasteiger partial charge >= 0.3 is 12.1 Å². The number of thiazole rings is 1. The first kappa shape index (κ1) is 13.2. The maximum Gasteiger partial charge on any atom is 0.408 e. The van der Waals surface area contributed by atoms with Gasteiger partial charge in [0.1, 0.15) is 11.6 Å². The number of amides is 1. The van der Waals surface area contributed by atoms with Gasteiger partial charge in [-0.05, 0) is 6.92 Å². The number of ether oxygens (including phenoxy) is 1. The number of aromatic nitrogens is 1. The van der Waals surface area contributed by atoms with E-state index in [1.807, 2.05) is 0 Å². The topological polar surface area (TPSA) is 88.5 Å². The van der Waals surface area contributed by atoms with Crippen molar-refractivity contribution in [3.05, 3.63) is 28.7 Å². The Morgan fingerprint density at radius 1 is 1.76 bits per heavy atom. The molecule has 0 aliphatic carbocycles. The van der Waals surface area contributed by atoms with Gasteiger partial charge < -0.3 is 15.2 Å². The number of aromatic carboxylic acids is 1. The monoisotopic (exact) mass is 256 g/mol. The first-order chi connectivity index (χ1) is 8.04. The molecule has 0 aliphatic rings. The third kappa shape index (κ3) is 3.87. The van der Waals surface area contributed by atoms with Gasteiger partial charge in [0.05, 0.1) is 6.04 Å². The molecule has 1 atom stereocenters. The number of alkyl carbamates (subject to hydrolysis) is 1. The third-order valence-electron chi connectivity index (χ3n) is 1.78. The van der Waals surface area contributed by atoms with E-state index in [1.165, 1.54) is 22.8 Å². The van der Waals surface area contributed by atoms with Crippen molar-refractivity contribution in [2.45, 2.75) is 13.0 Å². The summed E-state index contributed by atoms with van der Waals surface area (Å²) in [6.45, 7) is 5.23. The molecule has 0 aromatic carbocycles. The van der Waals surface area contributed by atoms with Gasteiger partial charge in [0.2, 0.25) is 0 Å². The number of hydrogen-bond acceptors (Lipinski definition) is 5. The van der Waals surface area contributed by atoms with Crippen LogP contribution in [-0.4, -0.2) is 28.8 Å². The summed E-state index contributed by atoms with van der Waals surface area (Å²) in [6.07, 6.45) is 0.861. The smallest absolute Gasteiger partial charge is 0.408 e. The molecular weight excluding hydrogens is 244 g/mol. The van der Waals surface area contributed by atoms with Crippen molar-refractivity contribution in [3.63, 3.8) is 0 Å². The Kier molecular flexibility index (Phi) is 4.65. The molecular formula is C10H12N2O4S. The van der Waals surface area contributed by atoms with Crippen LogP contribution in [0.25, 0.3) is 0 Å². The van der Waals surface area contributed by atoms with Crippen molar-refractivity contribution in [2.75, 3.05) is 6.61 Å². The highest BCUT2D eigenvalue weighted by molar-refractivity contribution is 7.09. The Hall–Kier alpha value is -1.89. The molecule has 2 N–H and O–H groups in total. The van der Waals surface area contributed by atoms with Crippen LogP contribution in [0.3, 0.4) is 0 Å². The lowest BCUT2D eigenvalue weighted by atomic mass is 10.3. The molecule has 0 fully saturated rings. The van der Waals surface area contributed by atoms with Gasteiger partial charge in [-0.1, -0.05) is 12.7 Å². The van der Waals surface area contributed by atoms with E-state index in [1.54, 1.807) is 6.92 Å². The van der Waals surface area contributed by atoms with Crippen LogP contribution in [0.2, 0.25) is 0 Å². The van der Waals surface area contributed by atoms with Gasteiger partial charge in [-0.25, -0.2) is 14.6 Å². The minimum atomic E-state index is -1.09. The van der Waals surface area contributed by atoms with Crippen molar-refractivity contribution in [3.8, 4) is 0 Å². The minimum absolute atomic E-state index is 0.0295. The zero-order valence-corrected chi connectivity index (χ0v) is 9.99. The summed E-state index contributed by atoms with van der Waals surface area (Å²) in [5, 5.41) is 13.2. The van der Waals surface area contributed by atoms with E-state index in [-0.39, 0.29) is 12.3 Å². The lowest BCUT2D eigenvalue weighted by Gasteiger charge is -2.10. The van der Waals surface area contributed by atoms with Gasteiger partial charge in [-0.15, -0.1) is 11.3 Å². The van der Waals surface area contributed by atoms with Crippen molar-refractivity contribution in [1.82, 2.24) is 10.3 Å². The van der Waals surface area contributed by atoms with Crippen LogP contribution in [0.15, 0.2) is 18.0 Å². The van der Waals surface area contributed by atoms with E-state index in [4.69, 9.17) is 9.84 Å². The average molecular weight is 256 g/mol. The number of carboxylic acid groups (broad SMARTS) is 1. The molecule has 1 heterocycles. The fourth-order valence-electron chi connectivity index (χ4n) is 1.000. The van der Waals surface area contributed by atoms with Crippen molar-refractivity contribution in [2.24, 2.45) is 0 Å². The highest BCUT2D eigenvalue weighted by Gasteiger charge is 2.16. The summed E-state index contributed by atoms with van der Waals surface area (Å²) >= 11 is 1.17. The molecule has 0 spiro atoms. The summed E-state index contributed by atoms with van der Waals surface area (Å²) in [6, 6.07) is -0.398. The Morgan fingerprint density at radius 3 is 3.00 bits per heavy atom. The van der Waals surface area contributed by atoms with E-state index in [9.17, 15) is 9.59 Å². The summed E-state index contributed by atoms with van der Waals surface area (Å²) in [7, 11) is 0. The molecule has 0 saturated heterocycles. The predicted molar refractivity (Wildman–Crippen MR) is 62.2 cm³/mol. The summed E-state index contributed by atoms with van der Waals surface area (Å²) in [5.41, 5.74) is -0.0295. The zero-order valence-electron chi connectivity index (χ0n) is 9.17. The van der Waals surface area contributed by atoms with Gasteiger partial charge in [-0.3, -0.25) is 0 Å². The Bertz CT molecular complexity index is 430. The first-order valence-corrected chi connectivity index (χ1v) is 5.65. The predicted octanol–water partition coefficient (Wildman–Crippen LogP) is 1.81. The quantitative estimate of drug-likeness (QED) is 0.784. The number of carboxylic acids is 1. The number of nitrogens with zero attached hydrogens (tertiary/aromatic N) is 1. The normalized spacial score (nSPS) is 11.6. The maximum atomic E-state index is 11.2. The molecule has 0 aliphatic heterocycles. The number of nitrogens with one attached hydrogen (secondary N) is 1. The van der Waals surface area contributed by atoms with Crippen LogP contribution >= 0.6 is 11.3 Å². The fourth-order valence-corrected chi connectivity index (χ4v) is 1.80. The van der Waals surface area contributed by atoms with Crippen molar-refractivity contribution in [1.29, 1.82) is 0 Å². The van der Waals surface area contributed by atoms with Crippen LogP contribution in [0.1, 0.15) is 28.5 Å². The number of carbonyl (C=O) groups is 2. The number of rotatable bonds is 5. The average Bonchev–Trinajstić information content (AvgIpc) is 2.75. The molecule has 17 heavy (non-hydrogen) atoms. The van der Waals surface area contributed by atoms with Gasteiger partial charge in [-0.2, -0.15) is 0 Å². The molecule has 1 unspecified atom stereocenters. The number of hydrogen-bond donors (Lipinski definition) is 2. The first-order valence-electron chi connectivity index (χ1n) is 4.77. The lowest BCUT2D eigenvalue weighted by molar-refractivity contribution is 0.0691. The molecule has 1 rings (SSSR count). The van der Waals surface area contributed by atoms with Gasteiger partial charge in [0.25, 0.3) is 0 Å². The molecule has 0 saturated carbocycles. The maximum absolute atomic E-state index is 11.2. The molecule has 1 aromatic rings. The second-order valence-corrected chi connectivity index (χ2v) is 4.02. The molecule has 92 valence electrons. The largest absolute Gasteiger partial charge is 0.476 e. The standard InChI is InChI=1S/C10H12N2O4S/c1-3-4-16-10(15)11-6(2)8-12-7(5-17-8)9(13)14/h3,5-6H,1,4H2,2H3,(H,11,15)(H,13,14). The van der Waals surface area contributed by atoms with E-state index in [0.717, 1.165) is 0 Å². The molecule has 6 nitrogen and oxygen atoms in total. The lowest BCUT2D eigenvalue weighted by Crippen LogP contribution is -2.27. The molecule has 0 bridgehead atoms. The van der Waals surface area contributed by atoms with E-state index in [2.05, 4.69) is 16.9 Å². The second kappa shape index (κ2) is 6.00. The fraction of sp³-hybridized carbons (Fsp3) is 0.300. The SMILES string of the molecule is C=CCOC(=O)NC(C)c1nc(C(=O)O)cs1. The Labute approximate surface area is 102 Å². The third-order valence-corrected chi connectivity index (χ3v) is 2.81. The Morgan fingerprint density at radius 2 is 2.47 bits per heavy atom. The van der Waals surface area contributed by atoms with Crippen LogP contribution in [0.5, 0.6) is 0 Å².